The summed E-state index contributed by atoms with van der Waals surface area (Å²) in [5.74, 6) is -0.993. The van der Waals surface area contributed by atoms with Gasteiger partial charge in [0, 0.05) is 25.2 Å². The first-order chi connectivity index (χ1) is 10.4. The first kappa shape index (κ1) is 16.3. The molecule has 0 aliphatic carbocycles. The Hall–Kier alpha value is -2.12. The Morgan fingerprint density at radius 3 is 2.86 bits per heavy atom. The second-order valence-electron chi connectivity index (χ2n) is 5.44. The molecule has 0 aromatic heterocycles. The third-order valence-corrected chi connectivity index (χ3v) is 3.59. The van der Waals surface area contributed by atoms with Crippen LogP contribution in [-0.2, 0) is 20.9 Å². The molecule has 22 heavy (non-hydrogen) atoms. The van der Waals surface area contributed by atoms with E-state index < -0.39 is 17.5 Å². The molecule has 1 heterocycles. The van der Waals surface area contributed by atoms with Crippen molar-refractivity contribution in [3.05, 3.63) is 29.8 Å². The zero-order chi connectivity index (χ0) is 16.2. The molecule has 1 aromatic rings. The van der Waals surface area contributed by atoms with Gasteiger partial charge in [0.05, 0.1) is 6.61 Å². The molecule has 3 N–H and O–H groups in total. The van der Waals surface area contributed by atoms with E-state index in [-0.39, 0.29) is 6.61 Å². The van der Waals surface area contributed by atoms with Crippen molar-refractivity contribution in [2.75, 3.05) is 26.3 Å². The Labute approximate surface area is 128 Å². The molecule has 1 atom stereocenters. The quantitative estimate of drug-likeness (QED) is 0.780. The molecular weight excluding hydrogens is 288 g/mol. The van der Waals surface area contributed by atoms with Gasteiger partial charge in [0.25, 0.3) is 5.91 Å². The number of nitrogens with two attached hydrogens (primary N) is 1. The number of primary amides is 1. The number of hydrogen-bond acceptors (Lipinski definition) is 5. The standard InChI is InChI=1S/C15H20N2O5/c1-15(14(16)20)10-17(6-7-22-15)8-11-4-2-3-5-12(11)21-9-13(18)19/h2-5H,6-10H2,1H3,(H2,16,20)(H,18,19). The SMILES string of the molecule is CC1(C(N)=O)CN(Cc2ccccc2OCC(=O)O)CCO1. The zero-order valence-electron chi connectivity index (χ0n) is 12.4. The van der Waals surface area contributed by atoms with Gasteiger partial charge in [0.2, 0.25) is 0 Å². The van der Waals surface area contributed by atoms with Gasteiger partial charge in [-0.3, -0.25) is 9.69 Å². The number of para-hydroxylation sites is 1. The fourth-order valence-corrected chi connectivity index (χ4v) is 2.39. The molecule has 1 unspecified atom stereocenters. The Morgan fingerprint density at radius 2 is 2.18 bits per heavy atom. The lowest BCUT2D eigenvalue weighted by molar-refractivity contribution is -0.153. The lowest BCUT2D eigenvalue weighted by atomic mass is 10.0. The van der Waals surface area contributed by atoms with Crippen LogP contribution in [0.2, 0.25) is 0 Å². The molecule has 1 amide bonds. The van der Waals surface area contributed by atoms with Gasteiger partial charge in [-0.05, 0) is 13.0 Å². The Balaban J connectivity index is 2.07. The summed E-state index contributed by atoms with van der Waals surface area (Å²) in [6, 6.07) is 7.24. The fourth-order valence-electron chi connectivity index (χ4n) is 2.39. The molecule has 7 nitrogen and oxygen atoms in total. The minimum atomic E-state index is -1.03. The van der Waals surface area contributed by atoms with Gasteiger partial charge >= 0.3 is 5.97 Å². The van der Waals surface area contributed by atoms with E-state index in [0.717, 1.165) is 5.56 Å². The normalized spacial score (nSPS) is 22.2. The molecule has 1 fully saturated rings. The number of carboxylic acids is 1. The number of rotatable bonds is 6. The van der Waals surface area contributed by atoms with E-state index in [2.05, 4.69) is 0 Å². The molecule has 1 aliphatic heterocycles. The van der Waals surface area contributed by atoms with Gasteiger partial charge in [0.15, 0.2) is 12.2 Å². The number of carboxylic acid groups (broad SMARTS) is 1. The molecule has 2 rings (SSSR count). The van der Waals surface area contributed by atoms with E-state index >= 15 is 0 Å². The highest BCUT2D eigenvalue weighted by molar-refractivity contribution is 5.83. The van der Waals surface area contributed by atoms with Crippen LogP contribution in [0.4, 0.5) is 0 Å². The van der Waals surface area contributed by atoms with Crippen molar-refractivity contribution in [1.82, 2.24) is 4.90 Å². The molecule has 1 aliphatic rings. The van der Waals surface area contributed by atoms with Crippen LogP contribution in [-0.4, -0.2) is 53.8 Å². The Bertz CT molecular complexity index is 563. The number of morpholine rings is 1. The molecule has 0 radical (unpaired) electrons. The van der Waals surface area contributed by atoms with Crippen molar-refractivity contribution >= 4 is 11.9 Å². The van der Waals surface area contributed by atoms with Crippen LogP contribution < -0.4 is 10.5 Å². The van der Waals surface area contributed by atoms with Crippen LogP contribution in [0, 0.1) is 0 Å². The van der Waals surface area contributed by atoms with Crippen LogP contribution >= 0.6 is 0 Å². The van der Waals surface area contributed by atoms with Gasteiger partial charge in [-0.15, -0.1) is 0 Å². The first-order valence-corrected chi connectivity index (χ1v) is 6.99. The van der Waals surface area contributed by atoms with Gasteiger partial charge < -0.3 is 20.3 Å². The molecule has 120 valence electrons. The number of amides is 1. The topological polar surface area (TPSA) is 102 Å². The average Bonchev–Trinajstić information content (AvgIpc) is 2.46. The summed E-state index contributed by atoms with van der Waals surface area (Å²) in [6.07, 6.45) is 0. The lowest BCUT2D eigenvalue weighted by Gasteiger charge is -2.38. The number of carbonyl (C=O) groups excluding carboxylic acids is 1. The van der Waals surface area contributed by atoms with E-state index in [4.69, 9.17) is 20.3 Å². The van der Waals surface area contributed by atoms with Gasteiger partial charge in [-0.1, -0.05) is 18.2 Å². The summed E-state index contributed by atoms with van der Waals surface area (Å²) in [4.78, 5) is 24.2. The van der Waals surface area contributed by atoms with E-state index in [1.165, 1.54) is 0 Å². The molecule has 0 saturated carbocycles. The highest BCUT2D eigenvalue weighted by Gasteiger charge is 2.37. The first-order valence-electron chi connectivity index (χ1n) is 6.99. The minimum absolute atomic E-state index is 0.385. The third kappa shape index (κ3) is 3.96. The second-order valence-corrected chi connectivity index (χ2v) is 5.44. The highest BCUT2D eigenvalue weighted by Crippen LogP contribution is 2.23. The van der Waals surface area contributed by atoms with Crippen LogP contribution in [0.25, 0.3) is 0 Å². The van der Waals surface area contributed by atoms with Crippen molar-refractivity contribution in [3.63, 3.8) is 0 Å². The molecule has 1 aromatic carbocycles. The van der Waals surface area contributed by atoms with Gasteiger partial charge in [-0.2, -0.15) is 0 Å². The summed E-state index contributed by atoms with van der Waals surface area (Å²) in [5, 5.41) is 8.71. The smallest absolute Gasteiger partial charge is 0.341 e. The van der Waals surface area contributed by atoms with Crippen molar-refractivity contribution < 1.29 is 24.2 Å². The van der Waals surface area contributed by atoms with E-state index in [1.807, 2.05) is 17.0 Å². The number of nitrogens with zero attached hydrogens (tertiary/aromatic N) is 1. The molecule has 0 spiro atoms. The average molecular weight is 308 g/mol. The highest BCUT2D eigenvalue weighted by atomic mass is 16.5. The van der Waals surface area contributed by atoms with E-state index in [0.29, 0.717) is 32.0 Å². The summed E-state index contributed by atoms with van der Waals surface area (Å²) < 4.78 is 10.8. The van der Waals surface area contributed by atoms with Gasteiger partial charge in [0.1, 0.15) is 5.75 Å². The van der Waals surface area contributed by atoms with E-state index in [1.54, 1.807) is 19.1 Å². The minimum Gasteiger partial charge on any atom is -0.482 e. The van der Waals surface area contributed by atoms with Crippen LogP contribution in [0.1, 0.15) is 12.5 Å². The van der Waals surface area contributed by atoms with Crippen molar-refractivity contribution in [1.29, 1.82) is 0 Å². The zero-order valence-corrected chi connectivity index (χ0v) is 12.4. The maximum absolute atomic E-state index is 11.5. The number of hydrogen-bond donors (Lipinski definition) is 2. The summed E-state index contributed by atoms with van der Waals surface area (Å²) >= 11 is 0. The van der Waals surface area contributed by atoms with Crippen molar-refractivity contribution in [3.8, 4) is 5.75 Å². The van der Waals surface area contributed by atoms with Crippen LogP contribution in [0.3, 0.4) is 0 Å². The predicted molar refractivity (Wildman–Crippen MR) is 78.4 cm³/mol. The predicted octanol–water partition coefficient (Wildman–Crippen LogP) is 0.226. The second kappa shape index (κ2) is 6.76. The number of carbonyl (C=O) groups is 2. The maximum Gasteiger partial charge on any atom is 0.341 e. The van der Waals surface area contributed by atoms with Crippen molar-refractivity contribution in [2.24, 2.45) is 5.73 Å². The number of benzene rings is 1. The number of ether oxygens (including phenoxy) is 2. The maximum atomic E-state index is 11.5. The fraction of sp³-hybridized carbons (Fsp3) is 0.467. The van der Waals surface area contributed by atoms with Gasteiger partial charge in [-0.25, -0.2) is 4.79 Å². The largest absolute Gasteiger partial charge is 0.482 e. The monoisotopic (exact) mass is 308 g/mol. The Morgan fingerprint density at radius 1 is 1.45 bits per heavy atom. The molecule has 0 bridgehead atoms. The summed E-state index contributed by atoms with van der Waals surface area (Å²) in [7, 11) is 0. The molecule has 7 heteroatoms. The van der Waals surface area contributed by atoms with Crippen molar-refractivity contribution in [2.45, 2.75) is 19.1 Å². The molecular formula is C15H20N2O5. The summed E-state index contributed by atoms with van der Waals surface area (Å²) in [5.41, 5.74) is 5.24. The third-order valence-electron chi connectivity index (χ3n) is 3.59. The lowest BCUT2D eigenvalue weighted by Crippen LogP contribution is -2.56. The number of aliphatic carboxylic acids is 1. The van der Waals surface area contributed by atoms with Crippen LogP contribution in [0.5, 0.6) is 5.75 Å². The summed E-state index contributed by atoms with van der Waals surface area (Å²) in [6.45, 7) is 3.28. The molecule has 1 saturated heterocycles. The van der Waals surface area contributed by atoms with E-state index in [9.17, 15) is 9.59 Å². The Kier molecular flexibility index (Phi) is 4.99. The van der Waals surface area contributed by atoms with Crippen LogP contribution in [0.15, 0.2) is 24.3 Å².